The van der Waals surface area contributed by atoms with Crippen molar-refractivity contribution in [3.05, 3.63) is 71.1 Å². The molecule has 7 heteroatoms. The number of amides is 1. The Labute approximate surface area is 172 Å². The van der Waals surface area contributed by atoms with Gasteiger partial charge in [-0.05, 0) is 61.8 Å². The summed E-state index contributed by atoms with van der Waals surface area (Å²) in [5.41, 5.74) is 1.76. The largest absolute Gasteiger partial charge is 0.340 e. The van der Waals surface area contributed by atoms with E-state index in [0.717, 1.165) is 30.6 Å². The summed E-state index contributed by atoms with van der Waals surface area (Å²) in [7, 11) is -1.84. The van der Waals surface area contributed by atoms with Gasteiger partial charge in [-0.2, -0.15) is 0 Å². The minimum atomic E-state index is -3.63. The van der Waals surface area contributed by atoms with Crippen LogP contribution >= 0.6 is 0 Å². The van der Waals surface area contributed by atoms with Gasteiger partial charge in [0.05, 0.1) is 5.41 Å². The average molecular weight is 414 g/mol. The van der Waals surface area contributed by atoms with Crippen LogP contribution in [0.25, 0.3) is 6.08 Å². The summed E-state index contributed by atoms with van der Waals surface area (Å²) in [5.74, 6) is -0.0671. The molecule has 0 aliphatic carbocycles. The maximum absolute atomic E-state index is 12.6. The van der Waals surface area contributed by atoms with Crippen molar-refractivity contribution < 1.29 is 13.2 Å². The Bertz CT molecular complexity index is 935. The van der Waals surface area contributed by atoms with E-state index in [9.17, 15) is 13.2 Å². The summed E-state index contributed by atoms with van der Waals surface area (Å²) in [5, 5.41) is 1.13. The number of nitrogens with zero attached hydrogens (tertiary/aromatic N) is 2. The molecular weight excluding hydrogens is 386 g/mol. The van der Waals surface area contributed by atoms with E-state index in [1.807, 2.05) is 30.3 Å². The lowest BCUT2D eigenvalue weighted by Crippen LogP contribution is -2.35. The molecule has 2 aromatic rings. The van der Waals surface area contributed by atoms with Gasteiger partial charge in [-0.1, -0.05) is 30.3 Å². The second-order valence-corrected chi connectivity index (χ2v) is 8.78. The van der Waals surface area contributed by atoms with Crippen LogP contribution in [0.4, 0.5) is 5.69 Å². The lowest BCUT2D eigenvalue weighted by molar-refractivity contribution is 0.0782. The van der Waals surface area contributed by atoms with Crippen LogP contribution in [0, 0.1) is 0 Å². The van der Waals surface area contributed by atoms with Crippen LogP contribution in [-0.2, 0) is 10.0 Å². The number of nitrogens with one attached hydrogen (secondary N) is 1. The Morgan fingerprint density at radius 2 is 1.72 bits per heavy atom. The Hall–Kier alpha value is -2.64. The number of anilines is 1. The van der Waals surface area contributed by atoms with Crippen molar-refractivity contribution >= 4 is 27.7 Å². The number of hydrogen-bond acceptors (Lipinski definition) is 4. The number of sulfonamides is 1. The molecule has 29 heavy (non-hydrogen) atoms. The molecule has 1 fully saturated rings. The molecule has 0 saturated carbocycles. The van der Waals surface area contributed by atoms with Crippen LogP contribution in [0.2, 0.25) is 0 Å². The number of carbonyl (C=O) groups excluding carboxylic acids is 1. The third-order valence-corrected chi connectivity index (χ3v) is 5.94. The van der Waals surface area contributed by atoms with Crippen LogP contribution in [-0.4, -0.2) is 57.4 Å². The molecule has 0 bridgehead atoms. The van der Waals surface area contributed by atoms with Gasteiger partial charge in [-0.15, -0.1) is 0 Å². The number of hydrogen-bond donors (Lipinski definition) is 1. The predicted molar refractivity (Wildman–Crippen MR) is 117 cm³/mol. The smallest absolute Gasteiger partial charge is 0.255 e. The SMILES string of the molecule is CN(CCN1CCCC1)C(=O)c1ccc(NS(=O)(=O)/C=C/c2ccccc2)cc1. The molecule has 0 atom stereocenters. The molecule has 1 aliphatic rings. The highest BCUT2D eigenvalue weighted by Gasteiger charge is 2.16. The molecular formula is C22H27N3O3S. The summed E-state index contributed by atoms with van der Waals surface area (Å²) in [6, 6.07) is 15.7. The minimum Gasteiger partial charge on any atom is -0.340 e. The molecule has 0 radical (unpaired) electrons. The number of benzene rings is 2. The van der Waals surface area contributed by atoms with E-state index in [1.54, 1.807) is 36.2 Å². The Kier molecular flexibility index (Phi) is 7.06. The molecule has 1 N–H and O–H groups in total. The molecule has 154 valence electrons. The van der Waals surface area contributed by atoms with E-state index in [2.05, 4.69) is 9.62 Å². The number of likely N-dealkylation sites (tertiary alicyclic amines) is 1. The predicted octanol–water partition coefficient (Wildman–Crippen LogP) is 3.27. The molecule has 1 heterocycles. The number of rotatable bonds is 8. The Morgan fingerprint density at radius 3 is 2.38 bits per heavy atom. The molecule has 0 aromatic heterocycles. The topological polar surface area (TPSA) is 69.7 Å². The zero-order valence-electron chi connectivity index (χ0n) is 16.6. The first-order chi connectivity index (χ1) is 13.9. The standard InChI is InChI=1S/C22H27N3O3S/c1-24(16-17-25-14-5-6-15-25)22(26)20-9-11-21(12-10-20)23-29(27,28)18-13-19-7-3-2-4-8-19/h2-4,7-13,18,23H,5-6,14-17H2,1H3/b18-13+. The molecule has 0 spiro atoms. The van der Waals surface area contributed by atoms with Gasteiger partial charge in [0.2, 0.25) is 0 Å². The molecule has 6 nitrogen and oxygen atoms in total. The Balaban J connectivity index is 1.56. The highest BCUT2D eigenvalue weighted by molar-refractivity contribution is 7.95. The van der Waals surface area contributed by atoms with E-state index in [1.165, 1.54) is 18.9 Å². The van der Waals surface area contributed by atoms with E-state index in [4.69, 9.17) is 0 Å². The zero-order chi connectivity index (χ0) is 20.7. The summed E-state index contributed by atoms with van der Waals surface area (Å²) in [6.45, 7) is 3.77. The third kappa shape index (κ3) is 6.44. The van der Waals surface area contributed by atoms with Crippen LogP contribution in [0.1, 0.15) is 28.8 Å². The van der Waals surface area contributed by atoms with Crippen molar-refractivity contribution in [2.45, 2.75) is 12.8 Å². The molecule has 2 aromatic carbocycles. The fourth-order valence-electron chi connectivity index (χ4n) is 3.23. The van der Waals surface area contributed by atoms with Crippen molar-refractivity contribution in [1.82, 2.24) is 9.80 Å². The van der Waals surface area contributed by atoms with Gasteiger partial charge in [0.15, 0.2) is 0 Å². The lowest BCUT2D eigenvalue weighted by Gasteiger charge is -2.21. The van der Waals surface area contributed by atoms with E-state index >= 15 is 0 Å². The van der Waals surface area contributed by atoms with Crippen LogP contribution in [0.5, 0.6) is 0 Å². The quantitative estimate of drug-likeness (QED) is 0.721. The van der Waals surface area contributed by atoms with Crippen molar-refractivity contribution in [3.63, 3.8) is 0 Å². The first-order valence-corrected chi connectivity index (χ1v) is 11.3. The monoisotopic (exact) mass is 413 g/mol. The van der Waals surface area contributed by atoms with Crippen molar-refractivity contribution in [3.8, 4) is 0 Å². The molecule has 3 rings (SSSR count). The summed E-state index contributed by atoms with van der Waals surface area (Å²) in [4.78, 5) is 16.6. The number of likely N-dealkylation sites (N-methyl/N-ethyl adjacent to an activating group) is 1. The van der Waals surface area contributed by atoms with Gasteiger partial charge in [0.1, 0.15) is 0 Å². The van der Waals surface area contributed by atoms with Crippen LogP contribution in [0.3, 0.4) is 0 Å². The van der Waals surface area contributed by atoms with Gasteiger partial charge in [-0.25, -0.2) is 8.42 Å². The first kappa shape index (κ1) is 21.1. The van der Waals surface area contributed by atoms with Gasteiger partial charge in [-0.3, -0.25) is 9.52 Å². The van der Waals surface area contributed by atoms with Crippen molar-refractivity contribution in [2.24, 2.45) is 0 Å². The normalized spacial score (nSPS) is 14.9. The average Bonchev–Trinajstić information content (AvgIpc) is 3.25. The van der Waals surface area contributed by atoms with Gasteiger partial charge in [0, 0.05) is 31.4 Å². The highest BCUT2D eigenvalue weighted by Crippen LogP contribution is 2.14. The maximum Gasteiger partial charge on any atom is 0.255 e. The molecule has 1 amide bonds. The second-order valence-electron chi connectivity index (χ2n) is 7.21. The molecule has 0 unspecified atom stereocenters. The molecule has 1 aliphatic heterocycles. The third-order valence-electron chi connectivity index (χ3n) is 4.93. The van der Waals surface area contributed by atoms with Gasteiger partial charge < -0.3 is 9.80 Å². The maximum atomic E-state index is 12.6. The van der Waals surface area contributed by atoms with Crippen LogP contribution in [0.15, 0.2) is 60.0 Å². The van der Waals surface area contributed by atoms with E-state index in [0.29, 0.717) is 17.8 Å². The summed E-state index contributed by atoms with van der Waals surface area (Å²) >= 11 is 0. The van der Waals surface area contributed by atoms with Crippen molar-refractivity contribution in [1.29, 1.82) is 0 Å². The summed E-state index contributed by atoms with van der Waals surface area (Å²) < 4.78 is 27.0. The van der Waals surface area contributed by atoms with E-state index < -0.39 is 10.0 Å². The second kappa shape index (κ2) is 9.71. The lowest BCUT2D eigenvalue weighted by atomic mass is 10.2. The fourth-order valence-corrected chi connectivity index (χ4v) is 4.10. The fraction of sp³-hybridized carbons (Fsp3) is 0.318. The Morgan fingerprint density at radius 1 is 1.07 bits per heavy atom. The van der Waals surface area contributed by atoms with E-state index in [-0.39, 0.29) is 5.91 Å². The zero-order valence-corrected chi connectivity index (χ0v) is 17.4. The first-order valence-electron chi connectivity index (χ1n) is 9.77. The summed E-state index contributed by atoms with van der Waals surface area (Å²) in [6.07, 6.45) is 4.00. The molecule has 1 saturated heterocycles. The van der Waals surface area contributed by atoms with Crippen molar-refractivity contribution in [2.75, 3.05) is 37.9 Å². The number of carbonyl (C=O) groups is 1. The van der Waals surface area contributed by atoms with Gasteiger partial charge >= 0.3 is 0 Å². The van der Waals surface area contributed by atoms with Gasteiger partial charge in [0.25, 0.3) is 15.9 Å². The highest BCUT2D eigenvalue weighted by atomic mass is 32.2. The minimum absolute atomic E-state index is 0.0671. The van der Waals surface area contributed by atoms with Crippen LogP contribution < -0.4 is 4.72 Å².